The normalized spacial score (nSPS) is 12.0. The van der Waals surface area contributed by atoms with E-state index in [1.165, 1.54) is 31.2 Å². The van der Waals surface area contributed by atoms with Gasteiger partial charge < -0.3 is 0 Å². The Morgan fingerprint density at radius 3 is 2.28 bits per heavy atom. The SMILES string of the molecule is CC(=O)c1ccc(S(=O)(=O)NNc2ncc(C(F)(F)F)cc2Cl)cc1. The van der Waals surface area contributed by atoms with Crippen molar-refractivity contribution in [2.75, 3.05) is 5.43 Å². The number of Topliss-reactive ketones (excluding diaryl/α,β-unsaturated/α-hetero) is 1. The van der Waals surface area contributed by atoms with Gasteiger partial charge in [-0.25, -0.2) is 13.4 Å². The van der Waals surface area contributed by atoms with E-state index in [0.717, 1.165) is 0 Å². The molecule has 0 aliphatic heterocycles. The molecule has 6 nitrogen and oxygen atoms in total. The molecule has 134 valence electrons. The van der Waals surface area contributed by atoms with Crippen LogP contribution in [0.2, 0.25) is 5.02 Å². The van der Waals surface area contributed by atoms with Gasteiger partial charge in [0.05, 0.1) is 15.5 Å². The first kappa shape index (κ1) is 19.2. The Balaban J connectivity index is 2.15. The highest BCUT2D eigenvalue weighted by Gasteiger charge is 2.31. The number of nitrogens with one attached hydrogen (secondary N) is 2. The van der Waals surface area contributed by atoms with Crippen molar-refractivity contribution in [3.8, 4) is 0 Å². The third-order valence-electron chi connectivity index (χ3n) is 3.04. The molecule has 2 aromatic rings. The van der Waals surface area contributed by atoms with Crippen LogP contribution in [-0.4, -0.2) is 19.2 Å². The van der Waals surface area contributed by atoms with Crippen molar-refractivity contribution in [2.45, 2.75) is 18.0 Å². The fourth-order valence-corrected chi connectivity index (χ4v) is 2.79. The first-order chi connectivity index (χ1) is 11.5. The van der Waals surface area contributed by atoms with Crippen LogP contribution in [0.15, 0.2) is 41.4 Å². The van der Waals surface area contributed by atoms with Gasteiger partial charge in [-0.05, 0) is 25.1 Å². The lowest BCUT2D eigenvalue weighted by Gasteiger charge is -2.12. The molecule has 0 radical (unpaired) electrons. The number of alkyl halides is 3. The van der Waals surface area contributed by atoms with Crippen LogP contribution in [-0.2, 0) is 16.2 Å². The largest absolute Gasteiger partial charge is 0.417 e. The number of aromatic nitrogens is 1. The molecule has 2 N–H and O–H groups in total. The summed E-state index contributed by atoms with van der Waals surface area (Å²) in [5, 5.41) is -0.413. The summed E-state index contributed by atoms with van der Waals surface area (Å²) in [7, 11) is -4.05. The van der Waals surface area contributed by atoms with E-state index < -0.39 is 26.8 Å². The van der Waals surface area contributed by atoms with E-state index >= 15 is 0 Å². The minimum Gasteiger partial charge on any atom is -0.295 e. The molecule has 0 fully saturated rings. The molecule has 0 unspecified atom stereocenters. The van der Waals surface area contributed by atoms with Crippen LogP contribution in [0.3, 0.4) is 0 Å². The van der Waals surface area contributed by atoms with E-state index in [1.54, 1.807) is 0 Å². The number of benzene rings is 1. The predicted molar refractivity (Wildman–Crippen MR) is 84.6 cm³/mol. The lowest BCUT2D eigenvalue weighted by molar-refractivity contribution is -0.137. The maximum atomic E-state index is 12.5. The number of ketones is 1. The third kappa shape index (κ3) is 4.68. The number of hydrogen-bond donors (Lipinski definition) is 2. The molecular formula is C14H11ClF3N3O3S. The fraction of sp³-hybridized carbons (Fsp3) is 0.143. The van der Waals surface area contributed by atoms with Gasteiger partial charge in [0, 0.05) is 11.8 Å². The van der Waals surface area contributed by atoms with Crippen LogP contribution < -0.4 is 10.3 Å². The van der Waals surface area contributed by atoms with Gasteiger partial charge in [-0.3, -0.25) is 10.2 Å². The molecule has 2 rings (SSSR count). The number of carbonyl (C=O) groups is 1. The van der Waals surface area contributed by atoms with Crippen molar-refractivity contribution < 1.29 is 26.4 Å². The molecule has 0 atom stereocenters. The van der Waals surface area contributed by atoms with Crippen molar-refractivity contribution >= 4 is 33.2 Å². The monoisotopic (exact) mass is 393 g/mol. The van der Waals surface area contributed by atoms with Gasteiger partial charge in [0.1, 0.15) is 0 Å². The zero-order valence-electron chi connectivity index (χ0n) is 12.6. The average molecular weight is 394 g/mol. The number of pyridine rings is 1. The van der Waals surface area contributed by atoms with Gasteiger partial charge in [-0.2, -0.15) is 13.2 Å². The molecule has 0 saturated heterocycles. The zero-order valence-corrected chi connectivity index (χ0v) is 14.1. The summed E-state index contributed by atoms with van der Waals surface area (Å²) in [6, 6.07) is 5.71. The molecule has 1 aromatic heterocycles. The number of hydrogen-bond acceptors (Lipinski definition) is 5. The van der Waals surface area contributed by atoms with E-state index in [9.17, 15) is 26.4 Å². The second-order valence-electron chi connectivity index (χ2n) is 4.86. The van der Waals surface area contributed by atoms with Gasteiger partial charge in [0.25, 0.3) is 10.0 Å². The molecule has 1 heterocycles. The van der Waals surface area contributed by atoms with E-state index in [2.05, 4.69) is 10.4 Å². The summed E-state index contributed by atoms with van der Waals surface area (Å²) in [4.78, 5) is 16.4. The van der Waals surface area contributed by atoms with E-state index in [-0.39, 0.29) is 16.5 Å². The average Bonchev–Trinajstić information content (AvgIpc) is 2.53. The fourth-order valence-electron chi connectivity index (χ4n) is 1.73. The molecule has 0 aliphatic carbocycles. The van der Waals surface area contributed by atoms with Crippen molar-refractivity contribution in [2.24, 2.45) is 0 Å². The Labute approximate surface area is 146 Å². The van der Waals surface area contributed by atoms with Gasteiger partial charge in [0.15, 0.2) is 11.6 Å². The lowest BCUT2D eigenvalue weighted by atomic mass is 10.2. The number of anilines is 1. The number of sulfonamides is 1. The van der Waals surface area contributed by atoms with Crippen LogP contribution in [0.4, 0.5) is 19.0 Å². The Hall–Kier alpha value is -2.17. The van der Waals surface area contributed by atoms with Crippen molar-refractivity contribution in [1.29, 1.82) is 0 Å². The molecule has 0 bridgehead atoms. The second kappa shape index (κ2) is 6.98. The number of rotatable bonds is 5. The molecule has 1 aromatic carbocycles. The first-order valence-corrected chi connectivity index (χ1v) is 8.48. The molecule has 0 saturated carbocycles. The number of hydrazine groups is 1. The van der Waals surface area contributed by atoms with Crippen LogP contribution in [0.5, 0.6) is 0 Å². The smallest absolute Gasteiger partial charge is 0.295 e. The first-order valence-electron chi connectivity index (χ1n) is 6.62. The Morgan fingerprint density at radius 1 is 1.20 bits per heavy atom. The minimum atomic E-state index is -4.62. The maximum absolute atomic E-state index is 12.5. The predicted octanol–water partition coefficient (Wildman–Crippen LogP) is 3.26. The highest BCUT2D eigenvalue weighted by atomic mass is 35.5. The second-order valence-corrected chi connectivity index (χ2v) is 6.95. The summed E-state index contributed by atoms with van der Waals surface area (Å²) in [5.41, 5.74) is 1.42. The van der Waals surface area contributed by atoms with Crippen LogP contribution in [0.1, 0.15) is 22.8 Å². The van der Waals surface area contributed by atoms with E-state index in [0.29, 0.717) is 17.8 Å². The van der Waals surface area contributed by atoms with Gasteiger partial charge in [-0.1, -0.05) is 23.7 Å². The van der Waals surface area contributed by atoms with E-state index in [4.69, 9.17) is 11.6 Å². The highest BCUT2D eigenvalue weighted by molar-refractivity contribution is 7.89. The van der Waals surface area contributed by atoms with Crippen molar-refractivity contribution in [1.82, 2.24) is 9.82 Å². The van der Waals surface area contributed by atoms with Crippen LogP contribution in [0.25, 0.3) is 0 Å². The third-order valence-corrected chi connectivity index (χ3v) is 4.60. The Kier molecular flexibility index (Phi) is 5.35. The van der Waals surface area contributed by atoms with Gasteiger partial charge in [0.2, 0.25) is 0 Å². The topological polar surface area (TPSA) is 88.2 Å². The summed E-state index contributed by atoms with van der Waals surface area (Å²) in [5.74, 6) is -0.519. The van der Waals surface area contributed by atoms with Crippen LogP contribution in [0, 0.1) is 0 Å². The van der Waals surface area contributed by atoms with Gasteiger partial charge in [-0.15, -0.1) is 4.83 Å². The van der Waals surface area contributed by atoms with Crippen molar-refractivity contribution in [3.63, 3.8) is 0 Å². The summed E-state index contributed by atoms with van der Waals surface area (Å²) >= 11 is 5.67. The molecule has 11 heteroatoms. The van der Waals surface area contributed by atoms with Crippen LogP contribution >= 0.6 is 11.6 Å². The van der Waals surface area contributed by atoms with Gasteiger partial charge >= 0.3 is 6.18 Å². The molecule has 25 heavy (non-hydrogen) atoms. The Bertz CT molecular complexity index is 900. The van der Waals surface area contributed by atoms with E-state index in [1.807, 2.05) is 4.83 Å². The Morgan fingerprint density at radius 2 is 1.80 bits per heavy atom. The number of nitrogens with zero attached hydrogens (tertiary/aromatic N) is 1. The number of carbonyl (C=O) groups excluding carboxylic acids is 1. The standard InChI is InChI=1S/C14H11ClF3N3O3S/c1-8(22)9-2-4-11(5-3-9)25(23,24)21-20-13-12(15)6-10(7-19-13)14(16,17)18/h2-7,21H,1H3,(H,19,20). The summed E-state index contributed by atoms with van der Waals surface area (Å²) in [6.07, 6.45) is -4.10. The molecular weight excluding hydrogens is 383 g/mol. The minimum absolute atomic E-state index is 0.159. The molecule has 0 amide bonds. The van der Waals surface area contributed by atoms with Crippen molar-refractivity contribution in [3.05, 3.63) is 52.7 Å². The molecule has 0 spiro atoms. The maximum Gasteiger partial charge on any atom is 0.417 e. The molecule has 0 aliphatic rings. The lowest BCUT2D eigenvalue weighted by Crippen LogP contribution is -2.30. The highest BCUT2D eigenvalue weighted by Crippen LogP contribution is 2.32. The summed E-state index contributed by atoms with van der Waals surface area (Å²) in [6.45, 7) is 1.33. The quantitative estimate of drug-likeness (QED) is 0.601. The summed E-state index contributed by atoms with van der Waals surface area (Å²) < 4.78 is 61.8. The number of halogens is 4. The zero-order chi connectivity index (χ0) is 18.8.